The molecule has 2 rings (SSSR count). The summed E-state index contributed by atoms with van der Waals surface area (Å²) in [5, 5.41) is 0. The zero-order valence-electron chi connectivity index (χ0n) is 12.2. The van der Waals surface area contributed by atoms with Gasteiger partial charge in [0.15, 0.2) is 0 Å². The summed E-state index contributed by atoms with van der Waals surface area (Å²) in [7, 11) is 0. The number of rotatable bonds is 3. The summed E-state index contributed by atoms with van der Waals surface area (Å²) in [6.45, 7) is 10.8. The van der Waals surface area contributed by atoms with Crippen LogP contribution in [0.4, 0.5) is 4.79 Å². The van der Waals surface area contributed by atoms with E-state index >= 15 is 0 Å². The first kappa shape index (κ1) is 13.7. The summed E-state index contributed by atoms with van der Waals surface area (Å²) in [4.78, 5) is 16.5. The third-order valence-electron chi connectivity index (χ3n) is 4.81. The predicted molar refractivity (Wildman–Crippen MR) is 74.5 cm³/mol. The fourth-order valence-electron chi connectivity index (χ4n) is 3.77. The number of likely N-dealkylation sites (tertiary alicyclic amines) is 2. The van der Waals surface area contributed by atoms with Gasteiger partial charge >= 0.3 is 6.03 Å². The van der Waals surface area contributed by atoms with Crippen LogP contribution >= 0.6 is 0 Å². The van der Waals surface area contributed by atoms with E-state index in [-0.39, 0.29) is 0 Å². The second-order valence-electron chi connectivity index (χ2n) is 6.29. The maximum absolute atomic E-state index is 12.3. The summed E-state index contributed by atoms with van der Waals surface area (Å²) < 4.78 is 0. The zero-order chi connectivity index (χ0) is 13.1. The molecule has 0 saturated carbocycles. The summed E-state index contributed by atoms with van der Waals surface area (Å²) in [6, 6.07) is 0.300. The van der Waals surface area contributed by atoms with Crippen molar-refractivity contribution < 1.29 is 4.79 Å². The Labute approximate surface area is 112 Å². The number of hydrogen-bond acceptors (Lipinski definition) is 1. The lowest BCUT2D eigenvalue weighted by molar-refractivity contribution is 0.166. The van der Waals surface area contributed by atoms with Gasteiger partial charge in [0.2, 0.25) is 0 Å². The number of urea groups is 1. The average Bonchev–Trinajstić information content (AvgIpc) is 3.00. The van der Waals surface area contributed by atoms with Gasteiger partial charge in [-0.1, -0.05) is 27.2 Å². The Kier molecular flexibility index (Phi) is 4.52. The van der Waals surface area contributed by atoms with E-state index in [0.29, 0.717) is 6.03 Å². The molecule has 0 aromatic carbocycles. The summed E-state index contributed by atoms with van der Waals surface area (Å²) in [5.41, 5.74) is 0. The van der Waals surface area contributed by atoms with Gasteiger partial charge in [0.05, 0.1) is 0 Å². The highest BCUT2D eigenvalue weighted by Gasteiger charge is 2.34. The molecule has 0 aliphatic carbocycles. The summed E-state index contributed by atoms with van der Waals surface area (Å²) >= 11 is 0. The van der Waals surface area contributed by atoms with Gasteiger partial charge < -0.3 is 9.80 Å². The van der Waals surface area contributed by atoms with Gasteiger partial charge in [-0.25, -0.2) is 4.79 Å². The molecule has 0 bridgehead atoms. The Hall–Kier alpha value is -0.730. The fourth-order valence-corrected chi connectivity index (χ4v) is 3.77. The van der Waals surface area contributed by atoms with Crippen LogP contribution < -0.4 is 0 Å². The van der Waals surface area contributed by atoms with Gasteiger partial charge in [0.25, 0.3) is 0 Å². The number of hydrogen-bond donors (Lipinski definition) is 0. The molecule has 0 aromatic rings. The minimum atomic E-state index is 0.300. The molecule has 0 aromatic heterocycles. The number of carbonyl (C=O) groups excluding carboxylic acids is 1. The van der Waals surface area contributed by atoms with Crippen molar-refractivity contribution in [2.24, 2.45) is 17.8 Å². The summed E-state index contributed by atoms with van der Waals surface area (Å²) in [5.74, 6) is 2.24. The maximum atomic E-state index is 12.3. The lowest BCUT2D eigenvalue weighted by Gasteiger charge is -2.27. The highest BCUT2D eigenvalue weighted by molar-refractivity contribution is 5.75. The third kappa shape index (κ3) is 2.81. The molecule has 2 heterocycles. The molecule has 2 aliphatic rings. The van der Waals surface area contributed by atoms with E-state index in [2.05, 4.69) is 25.7 Å². The van der Waals surface area contributed by atoms with Crippen molar-refractivity contribution in [1.82, 2.24) is 9.80 Å². The standard InChI is InChI=1S/C15H28N2O/c1-4-14(12(2)3)13-7-10-17(11-13)15(18)16-8-5-6-9-16/h12-14H,4-11H2,1-3H3. The Morgan fingerprint density at radius 1 is 1.17 bits per heavy atom. The smallest absolute Gasteiger partial charge is 0.320 e. The van der Waals surface area contributed by atoms with Gasteiger partial charge in [-0.2, -0.15) is 0 Å². The van der Waals surface area contributed by atoms with Gasteiger partial charge in [-0.3, -0.25) is 0 Å². The maximum Gasteiger partial charge on any atom is 0.320 e. The normalized spacial score (nSPS) is 26.1. The van der Waals surface area contributed by atoms with Crippen LogP contribution in [0.3, 0.4) is 0 Å². The van der Waals surface area contributed by atoms with Crippen molar-refractivity contribution in [3.8, 4) is 0 Å². The highest BCUT2D eigenvalue weighted by Crippen LogP contribution is 2.32. The molecule has 104 valence electrons. The molecular formula is C15H28N2O. The molecule has 3 heteroatoms. The van der Waals surface area contributed by atoms with E-state index in [4.69, 9.17) is 0 Å². The molecule has 2 aliphatic heterocycles. The first-order chi connectivity index (χ1) is 8.63. The molecule has 0 spiro atoms. The van der Waals surface area contributed by atoms with Crippen molar-refractivity contribution in [3.05, 3.63) is 0 Å². The largest absolute Gasteiger partial charge is 0.325 e. The monoisotopic (exact) mass is 252 g/mol. The molecule has 18 heavy (non-hydrogen) atoms. The van der Waals surface area contributed by atoms with Crippen LogP contribution in [-0.2, 0) is 0 Å². The first-order valence-electron chi connectivity index (χ1n) is 7.67. The average molecular weight is 252 g/mol. The van der Waals surface area contributed by atoms with E-state index in [1.54, 1.807) is 0 Å². The molecule has 2 atom stereocenters. The van der Waals surface area contributed by atoms with Crippen molar-refractivity contribution in [2.45, 2.75) is 46.5 Å². The Bertz CT molecular complexity index is 284. The van der Waals surface area contributed by atoms with Crippen LogP contribution in [0.25, 0.3) is 0 Å². The minimum absolute atomic E-state index is 0.300. The van der Waals surface area contributed by atoms with E-state index in [1.165, 1.54) is 25.7 Å². The van der Waals surface area contributed by atoms with E-state index < -0.39 is 0 Å². The number of amides is 2. The van der Waals surface area contributed by atoms with E-state index in [1.807, 2.05) is 4.90 Å². The van der Waals surface area contributed by atoms with Gasteiger partial charge in [0.1, 0.15) is 0 Å². The second kappa shape index (κ2) is 5.94. The third-order valence-corrected chi connectivity index (χ3v) is 4.81. The van der Waals surface area contributed by atoms with Crippen LogP contribution in [0.15, 0.2) is 0 Å². The Morgan fingerprint density at radius 2 is 1.83 bits per heavy atom. The van der Waals surface area contributed by atoms with Crippen molar-refractivity contribution >= 4 is 6.03 Å². The molecule has 2 fully saturated rings. The SMILES string of the molecule is CCC(C(C)C)C1CCN(C(=O)N2CCCC2)C1. The van der Waals surface area contributed by atoms with E-state index in [9.17, 15) is 4.79 Å². The molecule has 2 unspecified atom stereocenters. The second-order valence-corrected chi connectivity index (χ2v) is 6.29. The molecule has 0 radical (unpaired) electrons. The van der Waals surface area contributed by atoms with Crippen molar-refractivity contribution in [3.63, 3.8) is 0 Å². The Morgan fingerprint density at radius 3 is 2.39 bits per heavy atom. The fraction of sp³-hybridized carbons (Fsp3) is 0.933. The minimum Gasteiger partial charge on any atom is -0.325 e. The first-order valence-corrected chi connectivity index (χ1v) is 7.67. The van der Waals surface area contributed by atoms with Gasteiger partial charge in [-0.15, -0.1) is 0 Å². The molecule has 2 saturated heterocycles. The summed E-state index contributed by atoms with van der Waals surface area (Å²) in [6.07, 6.45) is 4.82. The zero-order valence-corrected chi connectivity index (χ0v) is 12.2. The van der Waals surface area contributed by atoms with Crippen LogP contribution in [0.5, 0.6) is 0 Å². The molecule has 2 amide bonds. The van der Waals surface area contributed by atoms with Crippen LogP contribution in [0.1, 0.15) is 46.5 Å². The van der Waals surface area contributed by atoms with Crippen molar-refractivity contribution in [1.29, 1.82) is 0 Å². The lowest BCUT2D eigenvalue weighted by atomic mass is 9.81. The quantitative estimate of drug-likeness (QED) is 0.756. The molecule has 0 N–H and O–H groups in total. The molecule has 3 nitrogen and oxygen atoms in total. The van der Waals surface area contributed by atoms with Crippen LogP contribution in [-0.4, -0.2) is 42.0 Å². The highest BCUT2D eigenvalue weighted by atomic mass is 16.2. The van der Waals surface area contributed by atoms with Crippen LogP contribution in [0, 0.1) is 17.8 Å². The molecular weight excluding hydrogens is 224 g/mol. The van der Waals surface area contributed by atoms with Gasteiger partial charge in [-0.05, 0) is 37.0 Å². The van der Waals surface area contributed by atoms with Gasteiger partial charge in [0, 0.05) is 26.2 Å². The van der Waals surface area contributed by atoms with E-state index in [0.717, 1.165) is 43.9 Å². The topological polar surface area (TPSA) is 23.6 Å². The number of carbonyl (C=O) groups is 1. The predicted octanol–water partition coefficient (Wildman–Crippen LogP) is 3.21. The lowest BCUT2D eigenvalue weighted by Crippen LogP contribution is -2.40. The van der Waals surface area contributed by atoms with Crippen molar-refractivity contribution in [2.75, 3.05) is 26.2 Å². The number of nitrogens with zero attached hydrogens (tertiary/aromatic N) is 2. The Balaban J connectivity index is 1.89. The van der Waals surface area contributed by atoms with Crippen LogP contribution in [0.2, 0.25) is 0 Å².